The van der Waals surface area contributed by atoms with Crippen molar-refractivity contribution < 1.29 is 58.9 Å². The van der Waals surface area contributed by atoms with Gasteiger partial charge in [0, 0.05) is 14.2 Å². The summed E-state index contributed by atoms with van der Waals surface area (Å²) in [6.45, 7) is -0.675. The van der Waals surface area contributed by atoms with Crippen molar-refractivity contribution in [2.24, 2.45) is 0 Å². The molecule has 2 aromatic rings. The number of ether oxygens (including phenoxy) is 4. The first kappa shape index (κ1) is 27.3. The lowest BCUT2D eigenvalue weighted by Crippen LogP contribution is -2.27. The highest BCUT2D eigenvalue weighted by atomic mass is 19.4. The number of Topliss-reactive ketones (excluding diaryl/α,β-unsaturated/α-hetero) is 1. The molecule has 0 fully saturated rings. The van der Waals surface area contributed by atoms with Crippen molar-refractivity contribution in [1.82, 2.24) is 0 Å². The zero-order chi connectivity index (χ0) is 25.7. The normalized spacial score (nSPS) is 13.9. The zero-order valence-corrected chi connectivity index (χ0v) is 17.6. The second kappa shape index (κ2) is 11.0. The van der Waals surface area contributed by atoms with E-state index in [9.17, 15) is 39.9 Å². The van der Waals surface area contributed by atoms with Crippen molar-refractivity contribution >= 4 is 5.78 Å². The monoisotopic (exact) mass is 502 g/mol. The Bertz CT molecular complexity index is 913. The van der Waals surface area contributed by atoms with Gasteiger partial charge in [-0.25, -0.2) is 8.78 Å². The van der Waals surface area contributed by atoms with Crippen LogP contribution < -0.4 is 9.47 Å². The summed E-state index contributed by atoms with van der Waals surface area (Å²) in [5, 5.41) is 0. The Kier molecular flexibility index (Phi) is 8.83. The lowest BCUT2D eigenvalue weighted by molar-refractivity contribution is -0.276. The molecule has 0 spiro atoms. The van der Waals surface area contributed by atoms with E-state index < -0.39 is 53.5 Å². The number of methoxy groups -OCH3 is 2. The summed E-state index contributed by atoms with van der Waals surface area (Å²) in [4.78, 5) is 13.2. The second-order valence-electron chi connectivity index (χ2n) is 6.89. The van der Waals surface area contributed by atoms with Gasteiger partial charge in [0.05, 0.1) is 25.0 Å². The fourth-order valence-electron chi connectivity index (χ4n) is 3.14. The summed E-state index contributed by atoms with van der Waals surface area (Å²) in [5.74, 6) is -8.22. The molecule has 0 N–H and O–H groups in total. The van der Waals surface area contributed by atoms with Gasteiger partial charge in [0.15, 0.2) is 28.9 Å². The fraction of sp³-hybridized carbons (Fsp3) is 0.381. The summed E-state index contributed by atoms with van der Waals surface area (Å²) in [6, 6.07) is 4.73. The van der Waals surface area contributed by atoms with Gasteiger partial charge < -0.3 is 18.9 Å². The molecule has 0 bridgehead atoms. The predicted molar refractivity (Wildman–Crippen MR) is 100 cm³/mol. The molecule has 34 heavy (non-hydrogen) atoms. The minimum Gasteiger partial charge on any atom is -0.403 e. The van der Waals surface area contributed by atoms with E-state index in [1.165, 1.54) is 14.2 Å². The topological polar surface area (TPSA) is 54.0 Å². The first-order valence-electron chi connectivity index (χ1n) is 9.37. The summed E-state index contributed by atoms with van der Waals surface area (Å²) >= 11 is 0. The number of ketones is 1. The number of hydrogen-bond acceptors (Lipinski definition) is 5. The molecule has 13 heteroatoms. The quantitative estimate of drug-likeness (QED) is 0.402. The molecule has 2 aromatic carbocycles. The van der Waals surface area contributed by atoms with Crippen molar-refractivity contribution in [2.75, 3.05) is 27.4 Å². The maximum absolute atomic E-state index is 14.2. The number of carbonyl (C=O) groups excluding carboxylic acids is 1. The average molecular weight is 502 g/mol. The standard InChI is InChI=1S/C21H18F8O5/c1-31-9-13(11-3-5-17(15(22)7-11)33-20(24,25)26)19(30)14(10-32-2)12-4-6-18(16(23)8-12)34-21(27,28)29/h3-8,13-14H,9-10H2,1-2H3. The third kappa shape index (κ3) is 7.55. The van der Waals surface area contributed by atoms with Crippen LogP contribution in [0.5, 0.6) is 11.5 Å². The van der Waals surface area contributed by atoms with Gasteiger partial charge >= 0.3 is 12.7 Å². The van der Waals surface area contributed by atoms with Crippen LogP contribution in [0.1, 0.15) is 23.0 Å². The Hall–Kier alpha value is -2.93. The molecule has 5 nitrogen and oxygen atoms in total. The first-order valence-corrected chi connectivity index (χ1v) is 9.37. The average Bonchev–Trinajstić information content (AvgIpc) is 2.71. The predicted octanol–water partition coefficient (Wildman–Crippen LogP) is 5.49. The van der Waals surface area contributed by atoms with Gasteiger partial charge in [-0.1, -0.05) is 12.1 Å². The van der Waals surface area contributed by atoms with E-state index in [0.717, 1.165) is 12.1 Å². The molecular formula is C21H18F8O5. The van der Waals surface area contributed by atoms with Crippen LogP contribution in [-0.4, -0.2) is 45.9 Å². The second-order valence-corrected chi connectivity index (χ2v) is 6.89. The van der Waals surface area contributed by atoms with Crippen molar-refractivity contribution in [1.29, 1.82) is 0 Å². The van der Waals surface area contributed by atoms with Gasteiger partial charge in [0.1, 0.15) is 0 Å². The molecule has 188 valence electrons. The fourth-order valence-corrected chi connectivity index (χ4v) is 3.14. The molecule has 2 rings (SSSR count). The molecule has 0 saturated carbocycles. The van der Waals surface area contributed by atoms with Crippen LogP contribution in [0, 0.1) is 11.6 Å². The number of benzene rings is 2. The molecule has 0 amide bonds. The summed E-state index contributed by atoms with van der Waals surface area (Å²) < 4.78 is 120. The molecule has 2 unspecified atom stereocenters. The molecule has 0 aliphatic heterocycles. The Balaban J connectivity index is 2.40. The minimum absolute atomic E-state index is 0.0718. The number of carbonyl (C=O) groups is 1. The summed E-state index contributed by atoms with van der Waals surface area (Å²) in [6.07, 6.45) is -10.3. The van der Waals surface area contributed by atoms with E-state index in [1.807, 2.05) is 0 Å². The lowest BCUT2D eigenvalue weighted by atomic mass is 9.84. The molecule has 0 radical (unpaired) electrons. The molecule has 0 aliphatic carbocycles. The molecule has 0 saturated heterocycles. The van der Waals surface area contributed by atoms with Crippen molar-refractivity contribution in [3.8, 4) is 11.5 Å². The minimum atomic E-state index is -5.14. The summed E-state index contributed by atoms with van der Waals surface area (Å²) in [7, 11) is 2.43. The molecule has 0 heterocycles. The Morgan fingerprint density at radius 1 is 0.735 bits per heavy atom. The van der Waals surface area contributed by atoms with Crippen LogP contribution in [0.3, 0.4) is 0 Å². The Morgan fingerprint density at radius 2 is 1.09 bits per heavy atom. The van der Waals surface area contributed by atoms with Crippen LogP contribution in [0.2, 0.25) is 0 Å². The van der Waals surface area contributed by atoms with Crippen LogP contribution >= 0.6 is 0 Å². The molecule has 0 aromatic heterocycles. The smallest absolute Gasteiger partial charge is 0.403 e. The van der Waals surface area contributed by atoms with Crippen molar-refractivity contribution in [3.05, 3.63) is 59.2 Å². The van der Waals surface area contributed by atoms with Gasteiger partial charge in [-0.2, -0.15) is 0 Å². The largest absolute Gasteiger partial charge is 0.573 e. The molecule has 0 aliphatic rings. The van der Waals surface area contributed by atoms with Crippen molar-refractivity contribution in [2.45, 2.75) is 24.6 Å². The summed E-state index contributed by atoms with van der Waals surface area (Å²) in [5.41, 5.74) is -0.144. The Labute approximate surface area is 188 Å². The molecular weight excluding hydrogens is 484 g/mol. The van der Waals surface area contributed by atoms with E-state index in [1.54, 1.807) is 0 Å². The van der Waals surface area contributed by atoms with Gasteiger partial charge in [0.25, 0.3) is 0 Å². The SMILES string of the molecule is COCC(C(=O)C(COC)c1ccc(OC(F)(F)F)c(F)c1)c1ccc(OC(F)(F)F)c(F)c1. The lowest BCUT2D eigenvalue weighted by Gasteiger charge is -2.23. The highest BCUT2D eigenvalue weighted by Gasteiger charge is 2.35. The van der Waals surface area contributed by atoms with Crippen LogP contribution in [0.15, 0.2) is 36.4 Å². The Morgan fingerprint density at radius 3 is 1.35 bits per heavy atom. The van der Waals surface area contributed by atoms with E-state index in [-0.39, 0.29) is 24.3 Å². The van der Waals surface area contributed by atoms with Crippen LogP contribution in [0.25, 0.3) is 0 Å². The van der Waals surface area contributed by atoms with E-state index in [0.29, 0.717) is 24.3 Å². The first-order chi connectivity index (χ1) is 15.8. The van der Waals surface area contributed by atoms with E-state index >= 15 is 0 Å². The number of hydrogen-bond donors (Lipinski definition) is 0. The van der Waals surface area contributed by atoms with Crippen LogP contribution in [0.4, 0.5) is 35.1 Å². The van der Waals surface area contributed by atoms with Gasteiger partial charge in [-0.3, -0.25) is 4.79 Å². The highest BCUT2D eigenvalue weighted by molar-refractivity contribution is 5.92. The number of halogens is 8. The highest BCUT2D eigenvalue weighted by Crippen LogP contribution is 2.34. The number of rotatable bonds is 10. The maximum Gasteiger partial charge on any atom is 0.573 e. The maximum atomic E-state index is 14.2. The number of alkyl halides is 6. The zero-order valence-electron chi connectivity index (χ0n) is 17.6. The third-order valence-electron chi connectivity index (χ3n) is 4.52. The van der Waals surface area contributed by atoms with Gasteiger partial charge in [0.2, 0.25) is 0 Å². The third-order valence-corrected chi connectivity index (χ3v) is 4.52. The van der Waals surface area contributed by atoms with Gasteiger partial charge in [-0.15, -0.1) is 26.3 Å². The van der Waals surface area contributed by atoms with Crippen LogP contribution in [-0.2, 0) is 14.3 Å². The van der Waals surface area contributed by atoms with Crippen molar-refractivity contribution in [3.63, 3.8) is 0 Å². The van der Waals surface area contributed by atoms with E-state index in [2.05, 4.69) is 9.47 Å². The van der Waals surface area contributed by atoms with Gasteiger partial charge in [-0.05, 0) is 35.4 Å². The van der Waals surface area contributed by atoms with E-state index in [4.69, 9.17) is 9.47 Å². The molecule has 2 atom stereocenters.